The van der Waals surface area contributed by atoms with Gasteiger partial charge in [0, 0.05) is 5.56 Å². The maximum atomic E-state index is 9.60. The predicted molar refractivity (Wildman–Crippen MR) is 68.3 cm³/mol. The zero-order valence-electron chi connectivity index (χ0n) is 9.23. The van der Waals surface area contributed by atoms with E-state index in [1.165, 1.54) is 0 Å². The van der Waals surface area contributed by atoms with Gasteiger partial charge in [-0.1, -0.05) is 41.9 Å². The van der Waals surface area contributed by atoms with Gasteiger partial charge in [-0.15, -0.1) is 0 Å². The van der Waals surface area contributed by atoms with E-state index in [0.29, 0.717) is 5.56 Å². The molecule has 0 atom stereocenters. The fourth-order valence-electron chi connectivity index (χ4n) is 1.77. The average Bonchev–Trinajstić information content (AvgIpc) is 2.35. The van der Waals surface area contributed by atoms with Gasteiger partial charge in [0.05, 0.1) is 11.6 Å². The summed E-state index contributed by atoms with van der Waals surface area (Å²) in [7, 11) is 0. The zero-order chi connectivity index (χ0) is 12.3. The summed E-state index contributed by atoms with van der Waals surface area (Å²) in [5, 5.41) is 19.0. The molecule has 0 aliphatic rings. The summed E-state index contributed by atoms with van der Waals surface area (Å²) >= 11 is 5.90. The van der Waals surface area contributed by atoms with Crippen LogP contribution in [0.3, 0.4) is 0 Å². The molecule has 2 rings (SSSR count). The molecule has 2 aromatic rings. The van der Waals surface area contributed by atoms with Crippen molar-refractivity contribution >= 4 is 11.6 Å². The highest BCUT2D eigenvalue weighted by molar-refractivity contribution is 6.32. The minimum atomic E-state index is -0.214. The van der Waals surface area contributed by atoms with E-state index >= 15 is 0 Å². The van der Waals surface area contributed by atoms with Crippen molar-refractivity contribution in [2.75, 3.05) is 0 Å². The van der Waals surface area contributed by atoms with Gasteiger partial charge in [0.2, 0.25) is 0 Å². The van der Waals surface area contributed by atoms with Crippen LogP contribution in [0.15, 0.2) is 42.5 Å². The van der Waals surface area contributed by atoms with Crippen LogP contribution < -0.4 is 0 Å². The van der Waals surface area contributed by atoms with Gasteiger partial charge in [-0.3, -0.25) is 0 Å². The van der Waals surface area contributed by atoms with Crippen LogP contribution in [-0.2, 0) is 13.0 Å². The zero-order valence-corrected chi connectivity index (χ0v) is 9.98. The number of hydrogen-bond acceptors (Lipinski definition) is 2. The monoisotopic (exact) mass is 248 g/mol. The molecule has 0 heterocycles. The Morgan fingerprint density at radius 3 is 2.35 bits per heavy atom. The first kappa shape index (κ1) is 12.0. The number of benzene rings is 2. The Morgan fingerprint density at radius 2 is 1.71 bits per heavy atom. The Hall–Kier alpha value is -1.51. The van der Waals surface area contributed by atoms with Crippen LogP contribution in [-0.4, -0.2) is 10.2 Å². The molecule has 0 amide bonds. The van der Waals surface area contributed by atoms with Gasteiger partial charge in [0.1, 0.15) is 5.75 Å². The molecule has 3 heteroatoms. The van der Waals surface area contributed by atoms with E-state index in [1.54, 1.807) is 12.1 Å². The van der Waals surface area contributed by atoms with Crippen molar-refractivity contribution in [1.29, 1.82) is 0 Å². The SMILES string of the molecule is OCc1cc(Cc2ccccc2)cc(Cl)c1O. The van der Waals surface area contributed by atoms with Crippen molar-refractivity contribution in [3.63, 3.8) is 0 Å². The van der Waals surface area contributed by atoms with Crippen LogP contribution in [0.5, 0.6) is 5.75 Å². The first-order chi connectivity index (χ1) is 8.20. The largest absolute Gasteiger partial charge is 0.506 e. The molecule has 0 radical (unpaired) electrons. The Kier molecular flexibility index (Phi) is 3.67. The quantitative estimate of drug-likeness (QED) is 0.876. The second-order valence-electron chi connectivity index (χ2n) is 3.91. The molecule has 17 heavy (non-hydrogen) atoms. The van der Waals surface area contributed by atoms with Crippen molar-refractivity contribution in [3.8, 4) is 5.75 Å². The van der Waals surface area contributed by atoms with E-state index < -0.39 is 0 Å². The number of aliphatic hydroxyl groups is 1. The lowest BCUT2D eigenvalue weighted by molar-refractivity contribution is 0.275. The van der Waals surface area contributed by atoms with E-state index in [4.69, 9.17) is 16.7 Å². The molecular weight excluding hydrogens is 236 g/mol. The highest BCUT2D eigenvalue weighted by Crippen LogP contribution is 2.29. The maximum Gasteiger partial charge on any atom is 0.139 e. The number of rotatable bonds is 3. The maximum absolute atomic E-state index is 9.60. The summed E-state index contributed by atoms with van der Waals surface area (Å²) in [6.45, 7) is -0.214. The molecular formula is C14H13ClO2. The number of halogens is 1. The lowest BCUT2D eigenvalue weighted by atomic mass is 10.0. The Labute approximate surface area is 105 Å². The minimum absolute atomic E-state index is 0.0361. The van der Waals surface area contributed by atoms with E-state index in [9.17, 15) is 5.11 Å². The second-order valence-corrected chi connectivity index (χ2v) is 4.31. The first-order valence-electron chi connectivity index (χ1n) is 5.35. The Balaban J connectivity index is 2.31. The average molecular weight is 249 g/mol. The highest BCUT2D eigenvalue weighted by atomic mass is 35.5. The number of phenols is 1. The van der Waals surface area contributed by atoms with Gasteiger partial charge >= 0.3 is 0 Å². The summed E-state index contributed by atoms with van der Waals surface area (Å²) in [5.74, 6) is -0.0361. The first-order valence-corrected chi connectivity index (χ1v) is 5.73. The van der Waals surface area contributed by atoms with E-state index in [1.807, 2.05) is 30.3 Å². The van der Waals surface area contributed by atoms with Crippen LogP contribution in [0.2, 0.25) is 5.02 Å². The smallest absolute Gasteiger partial charge is 0.139 e. The van der Waals surface area contributed by atoms with Crippen LogP contribution in [0.4, 0.5) is 0 Å². The van der Waals surface area contributed by atoms with Crippen molar-refractivity contribution in [3.05, 3.63) is 64.2 Å². The molecule has 0 saturated heterocycles. The van der Waals surface area contributed by atoms with E-state index in [-0.39, 0.29) is 17.4 Å². The van der Waals surface area contributed by atoms with Gasteiger partial charge in [0.15, 0.2) is 0 Å². The third-order valence-corrected chi connectivity index (χ3v) is 2.91. The van der Waals surface area contributed by atoms with Gasteiger partial charge in [-0.25, -0.2) is 0 Å². The van der Waals surface area contributed by atoms with E-state index in [2.05, 4.69) is 0 Å². The summed E-state index contributed by atoms with van der Waals surface area (Å²) in [4.78, 5) is 0. The molecule has 0 fully saturated rings. The number of aromatic hydroxyl groups is 1. The van der Waals surface area contributed by atoms with Crippen molar-refractivity contribution in [2.24, 2.45) is 0 Å². The Morgan fingerprint density at radius 1 is 1.00 bits per heavy atom. The third-order valence-electron chi connectivity index (χ3n) is 2.62. The van der Waals surface area contributed by atoms with Crippen LogP contribution in [0, 0.1) is 0 Å². The predicted octanol–water partition coefficient (Wildman–Crippen LogP) is 3.13. The highest BCUT2D eigenvalue weighted by Gasteiger charge is 2.08. The minimum Gasteiger partial charge on any atom is -0.506 e. The van der Waals surface area contributed by atoms with Gasteiger partial charge in [-0.2, -0.15) is 0 Å². The molecule has 0 aromatic heterocycles. The molecule has 2 nitrogen and oxygen atoms in total. The topological polar surface area (TPSA) is 40.5 Å². The fourth-order valence-corrected chi connectivity index (χ4v) is 2.03. The van der Waals surface area contributed by atoms with Crippen molar-refractivity contribution in [2.45, 2.75) is 13.0 Å². The standard InChI is InChI=1S/C14H13ClO2/c15-13-8-11(7-12(9-16)14(13)17)6-10-4-2-1-3-5-10/h1-5,7-8,16-17H,6,9H2. The number of hydrogen-bond donors (Lipinski definition) is 2. The summed E-state index contributed by atoms with van der Waals surface area (Å²) in [6, 6.07) is 13.5. The lowest BCUT2D eigenvalue weighted by Crippen LogP contribution is -1.92. The summed E-state index contributed by atoms with van der Waals surface area (Å²) in [6.07, 6.45) is 0.730. The third kappa shape index (κ3) is 2.78. The normalized spacial score (nSPS) is 10.5. The fraction of sp³-hybridized carbons (Fsp3) is 0.143. The van der Waals surface area contributed by atoms with Crippen molar-refractivity contribution in [1.82, 2.24) is 0 Å². The molecule has 0 aliphatic heterocycles. The molecule has 2 N–H and O–H groups in total. The second kappa shape index (κ2) is 5.21. The number of aliphatic hydroxyl groups excluding tert-OH is 1. The summed E-state index contributed by atoms with van der Waals surface area (Å²) in [5.41, 5.74) is 2.60. The van der Waals surface area contributed by atoms with Crippen LogP contribution >= 0.6 is 11.6 Å². The molecule has 0 spiro atoms. The van der Waals surface area contributed by atoms with Gasteiger partial charge < -0.3 is 10.2 Å². The molecule has 0 unspecified atom stereocenters. The van der Waals surface area contributed by atoms with Crippen LogP contribution in [0.25, 0.3) is 0 Å². The Bertz CT molecular complexity index is 509. The molecule has 0 bridgehead atoms. The molecule has 2 aromatic carbocycles. The molecule has 88 valence electrons. The van der Waals surface area contributed by atoms with Crippen molar-refractivity contribution < 1.29 is 10.2 Å². The summed E-state index contributed by atoms with van der Waals surface area (Å²) < 4.78 is 0. The molecule has 0 saturated carbocycles. The van der Waals surface area contributed by atoms with E-state index in [0.717, 1.165) is 17.5 Å². The lowest BCUT2D eigenvalue weighted by Gasteiger charge is -2.08. The molecule has 0 aliphatic carbocycles. The van der Waals surface area contributed by atoms with Gasteiger partial charge in [-0.05, 0) is 29.7 Å². The van der Waals surface area contributed by atoms with Gasteiger partial charge in [0.25, 0.3) is 0 Å². The van der Waals surface area contributed by atoms with Crippen LogP contribution in [0.1, 0.15) is 16.7 Å².